The van der Waals surface area contributed by atoms with E-state index in [0.717, 1.165) is 30.7 Å². The summed E-state index contributed by atoms with van der Waals surface area (Å²) in [5.41, 5.74) is 1.56. The molecule has 1 amide bonds. The lowest BCUT2D eigenvalue weighted by Crippen LogP contribution is -2.42. The molecule has 0 bridgehead atoms. The summed E-state index contributed by atoms with van der Waals surface area (Å²) >= 11 is 0. The van der Waals surface area contributed by atoms with E-state index in [1.54, 1.807) is 7.11 Å². The van der Waals surface area contributed by atoms with Gasteiger partial charge in [0.25, 0.3) is 0 Å². The van der Waals surface area contributed by atoms with E-state index in [1.807, 2.05) is 35.2 Å². The Balaban J connectivity index is 1.70. The molecular weight excluding hydrogens is 292 g/mol. The molecule has 2 heterocycles. The number of hydrogen-bond acceptors (Lipinski definition) is 4. The summed E-state index contributed by atoms with van der Waals surface area (Å²) < 4.78 is 10.6. The number of amides is 1. The summed E-state index contributed by atoms with van der Waals surface area (Å²) in [4.78, 5) is 14.4. The van der Waals surface area contributed by atoms with Gasteiger partial charge in [-0.25, -0.2) is 0 Å². The summed E-state index contributed by atoms with van der Waals surface area (Å²) in [6.45, 7) is 2.96. The van der Waals surface area contributed by atoms with E-state index in [9.17, 15) is 4.79 Å². The second-order valence-corrected chi connectivity index (χ2v) is 6.02. The molecule has 2 aromatic rings. The zero-order chi connectivity index (χ0) is 16.2. The minimum absolute atomic E-state index is 0.127. The number of piperidine rings is 1. The lowest BCUT2D eigenvalue weighted by atomic mass is 10.0. The van der Waals surface area contributed by atoms with Gasteiger partial charge in [0.15, 0.2) is 5.76 Å². The highest BCUT2D eigenvalue weighted by molar-refractivity contribution is 5.79. The third-order valence-electron chi connectivity index (χ3n) is 4.37. The van der Waals surface area contributed by atoms with E-state index in [-0.39, 0.29) is 12.3 Å². The minimum Gasteiger partial charge on any atom is -0.497 e. The predicted molar refractivity (Wildman–Crippen MR) is 87.2 cm³/mol. The van der Waals surface area contributed by atoms with E-state index in [1.165, 1.54) is 6.42 Å². The highest BCUT2D eigenvalue weighted by Gasteiger charge is 2.24. The van der Waals surface area contributed by atoms with Crippen molar-refractivity contribution in [3.8, 4) is 17.1 Å². The molecule has 1 aromatic carbocycles. The zero-order valence-corrected chi connectivity index (χ0v) is 13.6. The number of benzene rings is 1. The zero-order valence-electron chi connectivity index (χ0n) is 13.6. The van der Waals surface area contributed by atoms with Crippen LogP contribution in [0, 0.1) is 0 Å². The van der Waals surface area contributed by atoms with Crippen molar-refractivity contribution < 1.29 is 14.1 Å². The lowest BCUT2D eigenvalue weighted by molar-refractivity contribution is -0.133. The Morgan fingerprint density at radius 1 is 1.39 bits per heavy atom. The third kappa shape index (κ3) is 3.55. The number of aromatic nitrogens is 1. The van der Waals surface area contributed by atoms with Gasteiger partial charge in [0, 0.05) is 24.2 Å². The van der Waals surface area contributed by atoms with Gasteiger partial charge in [0.1, 0.15) is 5.75 Å². The molecule has 1 atom stereocenters. The van der Waals surface area contributed by atoms with Crippen molar-refractivity contribution in [2.24, 2.45) is 0 Å². The molecule has 0 aliphatic carbocycles. The van der Waals surface area contributed by atoms with Crippen LogP contribution in [-0.2, 0) is 11.2 Å². The Hall–Kier alpha value is -2.30. The monoisotopic (exact) mass is 314 g/mol. The lowest BCUT2D eigenvalue weighted by Gasteiger charge is -2.33. The van der Waals surface area contributed by atoms with Crippen molar-refractivity contribution in [1.82, 2.24) is 10.1 Å². The summed E-state index contributed by atoms with van der Waals surface area (Å²) in [7, 11) is 1.63. The van der Waals surface area contributed by atoms with Crippen LogP contribution in [0.3, 0.4) is 0 Å². The van der Waals surface area contributed by atoms with Crippen molar-refractivity contribution >= 4 is 5.91 Å². The number of rotatable bonds is 4. The molecule has 1 aliphatic rings. The first kappa shape index (κ1) is 15.6. The average molecular weight is 314 g/mol. The summed E-state index contributed by atoms with van der Waals surface area (Å²) in [5, 5.41) is 4.04. The summed E-state index contributed by atoms with van der Waals surface area (Å²) in [6.07, 6.45) is 3.66. The van der Waals surface area contributed by atoms with Crippen LogP contribution in [0.5, 0.6) is 5.75 Å². The molecule has 0 saturated carbocycles. The molecule has 1 fully saturated rings. The Labute approximate surface area is 136 Å². The number of nitrogens with zero attached hydrogens (tertiary/aromatic N) is 2. The molecular formula is C18H22N2O3. The van der Waals surface area contributed by atoms with Crippen LogP contribution in [-0.4, -0.2) is 35.7 Å². The molecule has 0 spiro atoms. The number of carbonyl (C=O) groups is 1. The molecule has 1 saturated heterocycles. The maximum Gasteiger partial charge on any atom is 0.228 e. The molecule has 0 N–H and O–H groups in total. The average Bonchev–Trinajstić information content (AvgIpc) is 3.03. The first-order valence-corrected chi connectivity index (χ1v) is 8.07. The highest BCUT2D eigenvalue weighted by atomic mass is 16.5. The van der Waals surface area contributed by atoms with Crippen LogP contribution in [0.15, 0.2) is 34.9 Å². The van der Waals surface area contributed by atoms with E-state index < -0.39 is 0 Å². The van der Waals surface area contributed by atoms with Crippen molar-refractivity contribution in [1.29, 1.82) is 0 Å². The van der Waals surface area contributed by atoms with Crippen LogP contribution < -0.4 is 4.74 Å². The van der Waals surface area contributed by atoms with Gasteiger partial charge in [-0.2, -0.15) is 0 Å². The minimum atomic E-state index is 0.127. The maximum atomic E-state index is 12.4. The van der Waals surface area contributed by atoms with Crippen molar-refractivity contribution in [3.63, 3.8) is 0 Å². The van der Waals surface area contributed by atoms with Gasteiger partial charge in [-0.3, -0.25) is 4.79 Å². The fraction of sp³-hybridized carbons (Fsp3) is 0.444. The number of methoxy groups -OCH3 is 1. The third-order valence-corrected chi connectivity index (χ3v) is 4.37. The Bertz CT molecular complexity index is 680. The Morgan fingerprint density at radius 2 is 2.26 bits per heavy atom. The maximum absolute atomic E-state index is 12.4. The molecule has 0 radical (unpaired) electrons. The Kier molecular flexibility index (Phi) is 4.65. The first-order valence-electron chi connectivity index (χ1n) is 8.07. The molecule has 1 aliphatic heterocycles. The molecule has 3 rings (SSSR count). The largest absolute Gasteiger partial charge is 0.497 e. The Morgan fingerprint density at radius 3 is 3.04 bits per heavy atom. The standard InChI is InChI=1S/C18H22N2O3/c1-13-6-3-4-9-20(13)18(21)12-15-11-17(23-19-15)14-7-5-8-16(10-14)22-2/h5,7-8,10-11,13H,3-4,6,9,12H2,1-2H3/t13-/m1/s1. The fourth-order valence-corrected chi connectivity index (χ4v) is 3.03. The summed E-state index contributed by atoms with van der Waals surface area (Å²) in [6, 6.07) is 9.75. The van der Waals surface area contributed by atoms with Gasteiger partial charge in [0.2, 0.25) is 5.91 Å². The smallest absolute Gasteiger partial charge is 0.228 e. The fourth-order valence-electron chi connectivity index (χ4n) is 3.03. The molecule has 23 heavy (non-hydrogen) atoms. The normalized spacial score (nSPS) is 18.0. The predicted octanol–water partition coefficient (Wildman–Crippen LogP) is 3.29. The number of carbonyl (C=O) groups excluding carboxylic acids is 1. The van der Waals surface area contributed by atoms with Gasteiger partial charge in [-0.1, -0.05) is 17.3 Å². The van der Waals surface area contributed by atoms with Crippen LogP contribution in [0.4, 0.5) is 0 Å². The van der Waals surface area contributed by atoms with Gasteiger partial charge < -0.3 is 14.2 Å². The van der Waals surface area contributed by atoms with Crippen LogP contribution in [0.25, 0.3) is 11.3 Å². The number of likely N-dealkylation sites (tertiary alicyclic amines) is 1. The molecule has 0 unspecified atom stereocenters. The van der Waals surface area contributed by atoms with Crippen LogP contribution >= 0.6 is 0 Å². The van der Waals surface area contributed by atoms with E-state index in [0.29, 0.717) is 17.5 Å². The van der Waals surface area contributed by atoms with Gasteiger partial charge in [-0.05, 0) is 38.3 Å². The highest BCUT2D eigenvalue weighted by Crippen LogP contribution is 2.25. The van der Waals surface area contributed by atoms with Gasteiger partial charge >= 0.3 is 0 Å². The van der Waals surface area contributed by atoms with Crippen LogP contribution in [0.1, 0.15) is 31.9 Å². The SMILES string of the molecule is COc1cccc(-c2cc(CC(=O)N3CCCC[C@H]3C)no2)c1. The van der Waals surface area contributed by atoms with Crippen LogP contribution in [0.2, 0.25) is 0 Å². The molecule has 122 valence electrons. The second-order valence-electron chi connectivity index (χ2n) is 6.02. The molecule has 5 nitrogen and oxygen atoms in total. The van der Waals surface area contributed by atoms with Crippen molar-refractivity contribution in [2.45, 2.75) is 38.6 Å². The second kappa shape index (κ2) is 6.86. The topological polar surface area (TPSA) is 55.6 Å². The van der Waals surface area contributed by atoms with E-state index >= 15 is 0 Å². The van der Waals surface area contributed by atoms with Crippen molar-refractivity contribution in [3.05, 3.63) is 36.0 Å². The number of hydrogen-bond donors (Lipinski definition) is 0. The van der Waals surface area contributed by atoms with E-state index in [2.05, 4.69) is 12.1 Å². The van der Waals surface area contributed by atoms with Crippen molar-refractivity contribution in [2.75, 3.05) is 13.7 Å². The quantitative estimate of drug-likeness (QED) is 0.869. The first-order chi connectivity index (χ1) is 11.2. The molecule has 5 heteroatoms. The van der Waals surface area contributed by atoms with E-state index in [4.69, 9.17) is 9.26 Å². The summed E-state index contributed by atoms with van der Waals surface area (Å²) in [5.74, 6) is 1.54. The van der Waals surface area contributed by atoms with Gasteiger partial charge in [0.05, 0.1) is 19.2 Å². The molecule has 1 aromatic heterocycles. The number of ether oxygens (including phenoxy) is 1. The van der Waals surface area contributed by atoms with Gasteiger partial charge in [-0.15, -0.1) is 0 Å².